The summed E-state index contributed by atoms with van der Waals surface area (Å²) in [5, 5.41) is 0. The Morgan fingerprint density at radius 3 is 1.17 bits per heavy atom. The van der Waals surface area contributed by atoms with E-state index in [1.807, 2.05) is 0 Å². The van der Waals surface area contributed by atoms with Crippen LogP contribution < -0.4 is 0 Å². The summed E-state index contributed by atoms with van der Waals surface area (Å²) in [6.45, 7) is 0. The van der Waals surface area contributed by atoms with E-state index >= 15 is 0 Å². The van der Waals surface area contributed by atoms with E-state index in [4.69, 9.17) is 3.87 Å². The molecule has 0 aliphatic heterocycles. The van der Waals surface area contributed by atoms with Gasteiger partial charge in [-0.1, -0.05) is 0 Å². The average molecular weight is 290 g/mol. The normalized spacial score (nSPS) is 0.833. The first-order valence-corrected chi connectivity index (χ1v) is 0.561. The maximum atomic E-state index is 7.94. The molecule has 1 radical (unpaired) electrons. The van der Waals surface area contributed by atoms with E-state index in [9.17, 15) is 0 Å². The summed E-state index contributed by atoms with van der Waals surface area (Å²) in [6.07, 6.45) is 0. The molecule has 0 saturated carbocycles. The minimum Gasteiger partial charge on any atom is 0 e. The minimum absolute atomic E-state index is 0. The van der Waals surface area contributed by atoms with Crippen LogP contribution in [0.1, 0.15) is 0 Å². The molecule has 0 fully saturated rings. The largest absolute Gasteiger partial charge is 0 e. The van der Waals surface area contributed by atoms with Crippen LogP contribution in [0.15, 0.2) is 0 Å². The molecule has 0 N–H and O–H groups in total. The van der Waals surface area contributed by atoms with Crippen LogP contribution >= 0.6 is 0 Å². The van der Waals surface area contributed by atoms with Crippen LogP contribution in [0.5, 0.6) is 0 Å². The van der Waals surface area contributed by atoms with Gasteiger partial charge in [-0.05, 0) is 0 Å². The Hall–Kier alpha value is 2.83. The Labute approximate surface area is 96.7 Å². The zero-order valence-electron chi connectivity index (χ0n) is 1.95. The second-order valence-corrected chi connectivity index (χ2v) is 0. The molecule has 0 aromatic heterocycles. The molecule has 0 aliphatic rings. The average Bonchev–Trinajstić information content (AvgIpc) is 1.00. The van der Waals surface area contributed by atoms with Crippen molar-refractivity contribution < 1.29 is 79.4 Å². The van der Waals surface area contributed by atoms with E-state index in [1.165, 1.54) is 0 Å². The molecule has 0 unspecified atom stereocenters. The van der Waals surface area contributed by atoms with Crippen LogP contribution in [-0.2, 0) is 79.4 Å². The molecule has 0 saturated heterocycles. The van der Waals surface area contributed by atoms with E-state index in [0.29, 0.717) is 0 Å². The summed E-state index contributed by atoms with van der Waals surface area (Å²) in [5.74, 6) is 0. The fourth-order valence-electron chi connectivity index (χ4n) is 0. The molecule has 0 aliphatic carbocycles. The molecule has 6 heteroatoms. The predicted molar refractivity (Wildman–Crippen MR) is 7.84 cm³/mol. The summed E-state index contributed by atoms with van der Waals surface area (Å²) in [7, 11) is 0. The van der Waals surface area contributed by atoms with Crippen molar-refractivity contribution in [2.45, 2.75) is 0 Å². The van der Waals surface area contributed by atoms with Gasteiger partial charge in [0, 0.05) is 59.9 Å². The molecule has 0 heterocycles. The van der Waals surface area contributed by atoms with E-state index in [-0.39, 0.29) is 78.7 Å². The molecule has 0 amide bonds. The molecule has 1 nitrogen and oxygen atoms in total. The first-order chi connectivity index (χ1) is 1.00. The van der Waals surface area contributed by atoms with Gasteiger partial charge in [-0.2, -0.15) is 0 Å². The smallest absolute Gasteiger partial charge is 0 e. The Bertz CT molecular complexity index is 15.5. The molecule has 0 spiro atoms. The maximum Gasteiger partial charge on any atom is 0 e. The van der Waals surface area contributed by atoms with E-state index in [0.717, 1.165) is 0 Å². The first-order valence-electron chi connectivity index (χ1n) is 0.136. The van der Waals surface area contributed by atoms with Crippen LogP contribution in [0, 0.1) is 0 Å². The van der Waals surface area contributed by atoms with E-state index in [2.05, 4.69) is 15.7 Å². The molecule has 0 aromatic rings. The zero-order chi connectivity index (χ0) is 2.00. The fraction of sp³-hybridized carbons (Fsp3) is 0. The fourth-order valence-corrected chi connectivity index (χ4v) is 0. The van der Waals surface area contributed by atoms with Gasteiger partial charge in [0.05, 0.1) is 0 Å². The molecule has 0 atom stereocenters. The van der Waals surface area contributed by atoms with Gasteiger partial charge in [0.15, 0.2) is 0 Å². The quantitative estimate of drug-likeness (QED) is 0.535. The molecule has 0 rings (SSSR count). The minimum atomic E-state index is 0. The zero-order valence-corrected chi connectivity index (χ0v) is 7.50. The predicted octanol–water partition coefficient (Wildman–Crippen LogP) is -0.777. The van der Waals surface area contributed by atoms with Crippen LogP contribution in [0.2, 0.25) is 0 Å². The molecule has 0 aromatic carbocycles. The third-order valence-corrected chi connectivity index (χ3v) is 0. The van der Waals surface area contributed by atoms with Crippen molar-refractivity contribution in [1.29, 1.82) is 0 Å². The van der Waals surface area contributed by atoms with Crippen molar-refractivity contribution >= 4 is 18.9 Å². The summed E-state index contributed by atoms with van der Waals surface area (Å²) < 4.78 is 7.94. The van der Waals surface area contributed by atoms with Crippen molar-refractivity contribution in [2.24, 2.45) is 0 Å². The number of rotatable bonds is 0. The van der Waals surface area contributed by atoms with Gasteiger partial charge in [0.25, 0.3) is 0 Å². The van der Waals surface area contributed by atoms with Gasteiger partial charge in [-0.3, -0.25) is 0 Å². The molecule has 6 heavy (non-hydrogen) atoms. The summed E-state index contributed by atoms with van der Waals surface area (Å²) >= 11 is 2.31. The SMILES string of the molecule is [Cu].[LiH].[Mo].[O]=[Co].[Ti]. The Balaban J connectivity index is -0.000000000833. The molecular formula is HCoCuLiMoOTi. The second-order valence-electron chi connectivity index (χ2n) is 0. The van der Waals surface area contributed by atoms with Gasteiger partial charge < -0.3 is 0 Å². The topological polar surface area (TPSA) is 17.1 Å². The van der Waals surface area contributed by atoms with E-state index in [1.54, 1.807) is 0 Å². The standard InChI is InChI=1S/Co.Cu.Li.Mo.O.Ti.H. The molecular weight excluding hydrogens is 289 g/mol. The molecule has 0 bridgehead atoms. The Morgan fingerprint density at radius 1 is 1.17 bits per heavy atom. The summed E-state index contributed by atoms with van der Waals surface area (Å²) in [4.78, 5) is 0. The summed E-state index contributed by atoms with van der Waals surface area (Å²) in [5.41, 5.74) is 0. The van der Waals surface area contributed by atoms with Crippen molar-refractivity contribution in [3.8, 4) is 0 Å². The van der Waals surface area contributed by atoms with Crippen molar-refractivity contribution in [3.05, 3.63) is 0 Å². The third kappa shape index (κ3) is 29.0. The summed E-state index contributed by atoms with van der Waals surface area (Å²) in [6, 6.07) is 0. The van der Waals surface area contributed by atoms with Crippen molar-refractivity contribution in [2.75, 3.05) is 0 Å². The van der Waals surface area contributed by atoms with Crippen LogP contribution in [0.4, 0.5) is 0 Å². The van der Waals surface area contributed by atoms with Gasteiger partial charge in [0.2, 0.25) is 0 Å². The number of hydrogen-bond acceptors (Lipinski definition) is 1. The van der Waals surface area contributed by atoms with Gasteiger partial charge in [-0.15, -0.1) is 0 Å². The maximum absolute atomic E-state index is 7.94. The molecule has 38 valence electrons. The van der Waals surface area contributed by atoms with Crippen LogP contribution in [0.25, 0.3) is 0 Å². The van der Waals surface area contributed by atoms with Crippen molar-refractivity contribution in [1.82, 2.24) is 0 Å². The van der Waals surface area contributed by atoms with Gasteiger partial charge in [-0.25, -0.2) is 0 Å². The van der Waals surface area contributed by atoms with Crippen LogP contribution in [-0.4, -0.2) is 18.9 Å². The second kappa shape index (κ2) is 45.7. The monoisotopic (exact) mass is 292 g/mol. The van der Waals surface area contributed by atoms with Crippen molar-refractivity contribution in [3.63, 3.8) is 0 Å². The number of hydrogen-bond donors (Lipinski definition) is 0. The third-order valence-electron chi connectivity index (χ3n) is 0. The van der Waals surface area contributed by atoms with Crippen LogP contribution in [0.3, 0.4) is 0 Å². The van der Waals surface area contributed by atoms with Gasteiger partial charge >= 0.3 is 38.4 Å². The Kier molecular flexibility index (Phi) is 281. The van der Waals surface area contributed by atoms with E-state index < -0.39 is 0 Å². The Morgan fingerprint density at radius 2 is 1.17 bits per heavy atom. The first kappa shape index (κ1) is 36.9. The van der Waals surface area contributed by atoms with Gasteiger partial charge in [0.1, 0.15) is 0 Å².